The van der Waals surface area contributed by atoms with E-state index in [-0.39, 0.29) is 0 Å². The molecule has 0 saturated carbocycles. The van der Waals surface area contributed by atoms with Crippen molar-refractivity contribution >= 4 is 54.1 Å². The second-order valence-electron chi connectivity index (χ2n) is 11.7. The van der Waals surface area contributed by atoms with Crippen molar-refractivity contribution in [3.8, 4) is 39.1 Å². The molecular weight excluding hydrogens is 518 g/mol. The van der Waals surface area contributed by atoms with Crippen LogP contribution in [0, 0.1) is 0 Å². The first-order chi connectivity index (χ1) is 21.3. The molecule has 0 aliphatic heterocycles. The van der Waals surface area contributed by atoms with E-state index in [1.165, 1.54) is 93.2 Å². The predicted octanol–water partition coefficient (Wildman–Crippen LogP) is 11.6. The first-order valence-corrected chi connectivity index (χ1v) is 14.9. The van der Waals surface area contributed by atoms with Gasteiger partial charge >= 0.3 is 0 Å². The van der Waals surface area contributed by atoms with Crippen molar-refractivity contribution in [3.63, 3.8) is 0 Å². The van der Waals surface area contributed by atoms with Gasteiger partial charge in [-0.3, -0.25) is 0 Å². The minimum absolute atomic E-state index is 1.17. The second-order valence-corrected chi connectivity index (χ2v) is 11.7. The summed E-state index contributed by atoms with van der Waals surface area (Å²) in [6.07, 6.45) is 0. The Bertz CT molecular complexity index is 2510. The van der Waals surface area contributed by atoms with E-state index in [9.17, 15) is 0 Å². The van der Waals surface area contributed by atoms with Crippen LogP contribution in [-0.4, -0.2) is 4.57 Å². The van der Waals surface area contributed by atoms with Crippen molar-refractivity contribution in [1.82, 2.24) is 4.57 Å². The standard InChI is InChI=1S/C42H25N/c1-3-11-32-27(8-1)18-22-38-41(32)42-33-12-4-2-9-28(33)19-23-39(42)43(38)31-20-16-26(17-21-31)30-24-29-10-7-15-36-34-13-5-6-14-35(34)37(25-30)40(29)36/h1-25H. The van der Waals surface area contributed by atoms with Crippen molar-refractivity contribution in [2.75, 3.05) is 0 Å². The highest BCUT2D eigenvalue weighted by Crippen LogP contribution is 2.48. The third kappa shape index (κ3) is 3.11. The summed E-state index contributed by atoms with van der Waals surface area (Å²) in [6.45, 7) is 0. The molecule has 1 aliphatic carbocycles. The summed E-state index contributed by atoms with van der Waals surface area (Å²) in [5, 5.41) is 10.4. The lowest BCUT2D eigenvalue weighted by molar-refractivity contribution is 1.18. The SMILES string of the molecule is c1ccc2c(c1)-c1cccc3cc(-c4ccc(-n5c6ccc7ccccc7c6c6c7ccccc7ccc65)cc4)cc-2c13. The quantitative estimate of drug-likeness (QED) is 0.204. The lowest BCUT2D eigenvalue weighted by Gasteiger charge is -2.11. The van der Waals surface area contributed by atoms with Crippen LogP contribution in [-0.2, 0) is 0 Å². The Morgan fingerprint density at radius 3 is 1.56 bits per heavy atom. The normalized spacial score (nSPS) is 12.2. The molecule has 1 aromatic heterocycles. The van der Waals surface area contributed by atoms with Crippen LogP contribution in [0.1, 0.15) is 0 Å². The summed E-state index contributed by atoms with van der Waals surface area (Å²) in [5.74, 6) is 0. The minimum Gasteiger partial charge on any atom is -0.309 e. The number of fused-ring (bicyclic) bond motifs is 10. The van der Waals surface area contributed by atoms with Crippen molar-refractivity contribution in [3.05, 3.63) is 152 Å². The Labute approximate surface area is 248 Å². The molecular formula is C42H25N. The average Bonchev–Trinajstić information content (AvgIpc) is 3.59. The zero-order chi connectivity index (χ0) is 28.1. The predicted molar refractivity (Wildman–Crippen MR) is 183 cm³/mol. The summed E-state index contributed by atoms with van der Waals surface area (Å²) in [7, 11) is 0. The van der Waals surface area contributed by atoms with Crippen molar-refractivity contribution in [2.24, 2.45) is 0 Å². The number of hydrogen-bond donors (Lipinski definition) is 0. The summed E-state index contributed by atoms with van der Waals surface area (Å²) < 4.78 is 2.44. The van der Waals surface area contributed by atoms with Crippen LogP contribution in [0.25, 0.3) is 93.2 Å². The van der Waals surface area contributed by atoms with E-state index >= 15 is 0 Å². The van der Waals surface area contributed by atoms with E-state index in [0.717, 1.165) is 0 Å². The van der Waals surface area contributed by atoms with E-state index in [1.54, 1.807) is 0 Å². The molecule has 198 valence electrons. The van der Waals surface area contributed by atoms with Gasteiger partial charge in [-0.1, -0.05) is 115 Å². The topological polar surface area (TPSA) is 4.93 Å². The highest BCUT2D eigenvalue weighted by molar-refractivity contribution is 6.28. The molecule has 0 saturated heterocycles. The molecule has 0 atom stereocenters. The maximum absolute atomic E-state index is 2.44. The fraction of sp³-hybridized carbons (Fsp3) is 0. The minimum atomic E-state index is 1.17. The molecule has 0 spiro atoms. The maximum Gasteiger partial charge on any atom is 0.0547 e. The van der Waals surface area contributed by atoms with Gasteiger partial charge in [0, 0.05) is 16.5 Å². The molecule has 0 unspecified atom stereocenters. The fourth-order valence-corrected chi connectivity index (χ4v) is 7.61. The van der Waals surface area contributed by atoms with Gasteiger partial charge in [0.2, 0.25) is 0 Å². The monoisotopic (exact) mass is 543 g/mol. The van der Waals surface area contributed by atoms with Crippen LogP contribution in [0.5, 0.6) is 0 Å². The highest BCUT2D eigenvalue weighted by Gasteiger charge is 2.22. The largest absolute Gasteiger partial charge is 0.309 e. The zero-order valence-corrected chi connectivity index (χ0v) is 23.4. The molecule has 43 heavy (non-hydrogen) atoms. The third-order valence-corrected chi connectivity index (χ3v) is 9.49. The lowest BCUT2D eigenvalue weighted by Crippen LogP contribution is -1.94. The second kappa shape index (κ2) is 8.44. The van der Waals surface area contributed by atoms with Crippen molar-refractivity contribution in [2.45, 2.75) is 0 Å². The molecule has 0 N–H and O–H groups in total. The van der Waals surface area contributed by atoms with Crippen molar-refractivity contribution in [1.29, 1.82) is 0 Å². The molecule has 0 fully saturated rings. The third-order valence-electron chi connectivity index (χ3n) is 9.49. The average molecular weight is 544 g/mol. The Kier molecular flexibility index (Phi) is 4.51. The Hall–Kier alpha value is -5.66. The molecule has 1 aliphatic rings. The van der Waals surface area contributed by atoms with Gasteiger partial charge in [0.25, 0.3) is 0 Å². The summed E-state index contributed by atoms with van der Waals surface area (Å²) in [5.41, 5.74) is 11.5. The lowest BCUT2D eigenvalue weighted by atomic mass is 9.96. The molecule has 8 aromatic carbocycles. The van der Waals surface area contributed by atoms with Gasteiger partial charge in [0.15, 0.2) is 0 Å². The van der Waals surface area contributed by atoms with Gasteiger partial charge in [-0.05, 0) is 102 Å². The van der Waals surface area contributed by atoms with Crippen molar-refractivity contribution < 1.29 is 0 Å². The summed E-state index contributed by atoms with van der Waals surface area (Å²) in [4.78, 5) is 0. The Morgan fingerprint density at radius 2 is 0.884 bits per heavy atom. The molecule has 1 nitrogen and oxygen atoms in total. The van der Waals surface area contributed by atoms with Gasteiger partial charge in [0.05, 0.1) is 11.0 Å². The van der Waals surface area contributed by atoms with Crippen LogP contribution in [0.2, 0.25) is 0 Å². The number of aromatic nitrogens is 1. The summed E-state index contributed by atoms with van der Waals surface area (Å²) in [6, 6.07) is 56.0. The van der Waals surface area contributed by atoms with Crippen LogP contribution >= 0.6 is 0 Å². The number of benzene rings is 8. The van der Waals surface area contributed by atoms with E-state index in [2.05, 4.69) is 156 Å². The van der Waals surface area contributed by atoms with Gasteiger partial charge in [-0.2, -0.15) is 0 Å². The maximum atomic E-state index is 2.44. The van der Waals surface area contributed by atoms with Gasteiger partial charge in [-0.25, -0.2) is 0 Å². The Morgan fingerprint density at radius 1 is 0.326 bits per heavy atom. The van der Waals surface area contributed by atoms with E-state index < -0.39 is 0 Å². The van der Waals surface area contributed by atoms with E-state index in [4.69, 9.17) is 0 Å². The molecule has 1 heterocycles. The van der Waals surface area contributed by atoms with Crippen LogP contribution in [0.3, 0.4) is 0 Å². The zero-order valence-electron chi connectivity index (χ0n) is 23.4. The fourth-order valence-electron chi connectivity index (χ4n) is 7.61. The summed E-state index contributed by atoms with van der Waals surface area (Å²) >= 11 is 0. The smallest absolute Gasteiger partial charge is 0.0547 e. The highest BCUT2D eigenvalue weighted by atomic mass is 15.0. The van der Waals surface area contributed by atoms with Crippen LogP contribution in [0.15, 0.2) is 152 Å². The number of rotatable bonds is 2. The van der Waals surface area contributed by atoms with Crippen LogP contribution < -0.4 is 0 Å². The first kappa shape index (κ1) is 23.0. The molecule has 10 rings (SSSR count). The molecule has 0 amide bonds. The van der Waals surface area contributed by atoms with Gasteiger partial charge in [-0.15, -0.1) is 0 Å². The number of hydrogen-bond acceptors (Lipinski definition) is 0. The number of nitrogens with zero attached hydrogens (tertiary/aromatic N) is 1. The molecule has 0 bridgehead atoms. The van der Waals surface area contributed by atoms with Crippen LogP contribution in [0.4, 0.5) is 0 Å². The molecule has 1 heteroatoms. The molecule has 0 radical (unpaired) electrons. The molecule has 9 aromatic rings. The van der Waals surface area contributed by atoms with E-state index in [0.29, 0.717) is 0 Å². The van der Waals surface area contributed by atoms with Gasteiger partial charge in [0.1, 0.15) is 0 Å². The van der Waals surface area contributed by atoms with E-state index in [1.807, 2.05) is 0 Å². The first-order valence-electron chi connectivity index (χ1n) is 14.9. The van der Waals surface area contributed by atoms with Gasteiger partial charge < -0.3 is 4.57 Å². The Balaban J connectivity index is 1.20.